The molecule has 0 amide bonds. The highest BCUT2D eigenvalue weighted by Gasteiger charge is 2.43. The lowest BCUT2D eigenvalue weighted by molar-refractivity contribution is -0.139. The lowest BCUT2D eigenvalue weighted by atomic mass is 9.71. The van der Waals surface area contributed by atoms with Gasteiger partial charge < -0.3 is 10.2 Å². The second-order valence-electron chi connectivity index (χ2n) is 6.18. The van der Waals surface area contributed by atoms with Crippen LogP contribution in [0.2, 0.25) is 0 Å². The molecule has 5 heteroatoms. The quantitative estimate of drug-likeness (QED) is 0.830. The molecule has 1 aliphatic carbocycles. The van der Waals surface area contributed by atoms with Crippen LogP contribution in [0.3, 0.4) is 0 Å². The topological polar surface area (TPSA) is 15.3 Å². The minimum atomic E-state index is -4.06. The Morgan fingerprint density at radius 1 is 1.26 bits per heavy atom. The van der Waals surface area contributed by atoms with Gasteiger partial charge in [0.15, 0.2) is 0 Å². The number of nitrogens with one attached hydrogen (secondary N) is 1. The van der Waals surface area contributed by atoms with Gasteiger partial charge in [-0.15, -0.1) is 0 Å². The number of alkyl halides is 3. The molecule has 0 aliphatic heterocycles. The van der Waals surface area contributed by atoms with Crippen LogP contribution < -0.4 is 5.32 Å². The average molecular weight is 280 g/mol. The zero-order valence-electron chi connectivity index (χ0n) is 12.5. The molecule has 0 heterocycles. The van der Waals surface area contributed by atoms with Gasteiger partial charge >= 0.3 is 6.18 Å². The normalized spacial score (nSPS) is 30.6. The Bertz CT molecular complexity index is 268. The summed E-state index contributed by atoms with van der Waals surface area (Å²) in [5.41, 5.74) is -0.132. The SMILES string of the molecule is CNC(CCC(F)(F)F)C1(N(C)C)CCC(C)CC1. The maximum Gasteiger partial charge on any atom is 0.389 e. The summed E-state index contributed by atoms with van der Waals surface area (Å²) in [5.74, 6) is 0.688. The van der Waals surface area contributed by atoms with E-state index < -0.39 is 12.6 Å². The number of hydrogen-bond donors (Lipinski definition) is 1. The van der Waals surface area contributed by atoms with Crippen LogP contribution in [0.25, 0.3) is 0 Å². The fraction of sp³-hybridized carbons (Fsp3) is 1.00. The third kappa shape index (κ3) is 4.35. The van der Waals surface area contributed by atoms with Crippen molar-refractivity contribution in [2.45, 2.75) is 63.2 Å². The molecule has 1 fully saturated rings. The highest BCUT2D eigenvalue weighted by Crippen LogP contribution is 2.39. The summed E-state index contributed by atoms with van der Waals surface area (Å²) in [4.78, 5) is 2.14. The maximum atomic E-state index is 12.5. The summed E-state index contributed by atoms with van der Waals surface area (Å²) in [5, 5.41) is 3.14. The van der Waals surface area contributed by atoms with Crippen molar-refractivity contribution < 1.29 is 13.2 Å². The van der Waals surface area contributed by atoms with Gasteiger partial charge in [0.05, 0.1) is 0 Å². The van der Waals surface area contributed by atoms with E-state index in [4.69, 9.17) is 0 Å². The highest BCUT2D eigenvalue weighted by molar-refractivity contribution is 5.01. The number of halogens is 3. The summed E-state index contributed by atoms with van der Waals surface area (Å²) in [6.07, 6.45) is -0.458. The molecule has 114 valence electrons. The minimum absolute atomic E-state index is 0.100. The van der Waals surface area contributed by atoms with Crippen LogP contribution in [0.1, 0.15) is 45.4 Å². The molecule has 1 rings (SSSR count). The molecule has 1 unspecified atom stereocenters. The average Bonchev–Trinajstić information content (AvgIpc) is 2.30. The number of nitrogens with zero attached hydrogens (tertiary/aromatic N) is 1. The molecule has 0 spiro atoms. The van der Waals surface area contributed by atoms with Crippen molar-refractivity contribution in [2.75, 3.05) is 21.1 Å². The highest BCUT2D eigenvalue weighted by atomic mass is 19.4. The van der Waals surface area contributed by atoms with Gasteiger partial charge in [-0.25, -0.2) is 0 Å². The smallest absolute Gasteiger partial charge is 0.315 e. The summed E-state index contributed by atoms with van der Waals surface area (Å²) >= 11 is 0. The summed E-state index contributed by atoms with van der Waals surface area (Å²) in [6, 6.07) is -0.100. The molecule has 1 aliphatic rings. The molecule has 0 radical (unpaired) electrons. The van der Waals surface area contributed by atoms with E-state index in [1.165, 1.54) is 0 Å². The first-order valence-corrected chi connectivity index (χ1v) is 7.13. The third-order valence-electron chi connectivity index (χ3n) is 4.74. The van der Waals surface area contributed by atoms with Crippen molar-refractivity contribution in [1.29, 1.82) is 0 Å². The van der Waals surface area contributed by atoms with Gasteiger partial charge in [-0.1, -0.05) is 6.92 Å². The molecule has 0 saturated heterocycles. The molecule has 1 atom stereocenters. The van der Waals surface area contributed by atoms with Crippen molar-refractivity contribution in [1.82, 2.24) is 10.2 Å². The fourth-order valence-corrected chi connectivity index (χ4v) is 3.36. The van der Waals surface area contributed by atoms with Crippen molar-refractivity contribution >= 4 is 0 Å². The van der Waals surface area contributed by atoms with Gasteiger partial charge in [0, 0.05) is 18.0 Å². The largest absolute Gasteiger partial charge is 0.389 e. The Morgan fingerprint density at radius 2 is 1.79 bits per heavy atom. The lowest BCUT2D eigenvalue weighted by Gasteiger charge is -2.50. The van der Waals surface area contributed by atoms with Crippen LogP contribution in [0, 0.1) is 5.92 Å². The van der Waals surface area contributed by atoms with Crippen molar-refractivity contribution in [3.05, 3.63) is 0 Å². The monoisotopic (exact) mass is 280 g/mol. The molecule has 0 bridgehead atoms. The molecule has 2 nitrogen and oxygen atoms in total. The molecule has 0 aromatic rings. The summed E-state index contributed by atoms with van der Waals surface area (Å²) < 4.78 is 37.4. The lowest BCUT2D eigenvalue weighted by Crippen LogP contribution is -2.60. The van der Waals surface area contributed by atoms with Gasteiger partial charge in [0.25, 0.3) is 0 Å². The van der Waals surface area contributed by atoms with Crippen LogP contribution in [0.15, 0.2) is 0 Å². The first kappa shape index (κ1) is 16.8. The minimum Gasteiger partial charge on any atom is -0.315 e. The zero-order chi connectivity index (χ0) is 14.7. The van der Waals surface area contributed by atoms with E-state index in [9.17, 15) is 13.2 Å². The first-order chi connectivity index (χ1) is 8.71. The van der Waals surface area contributed by atoms with E-state index in [0.717, 1.165) is 25.7 Å². The Morgan fingerprint density at radius 3 is 2.16 bits per heavy atom. The van der Waals surface area contributed by atoms with E-state index in [0.29, 0.717) is 5.92 Å². The van der Waals surface area contributed by atoms with E-state index >= 15 is 0 Å². The molecule has 1 saturated carbocycles. The Balaban J connectivity index is 2.77. The number of rotatable bonds is 5. The number of likely N-dealkylation sites (N-methyl/N-ethyl adjacent to an activating group) is 2. The Hall–Kier alpha value is -0.290. The van der Waals surface area contributed by atoms with Gasteiger partial charge in [-0.2, -0.15) is 13.2 Å². The van der Waals surface area contributed by atoms with Crippen LogP contribution in [0.4, 0.5) is 13.2 Å². The van der Waals surface area contributed by atoms with Crippen molar-refractivity contribution in [3.8, 4) is 0 Å². The molecular weight excluding hydrogens is 253 g/mol. The maximum absolute atomic E-state index is 12.5. The predicted octanol–water partition coefficient (Wildman–Crippen LogP) is 3.43. The van der Waals surface area contributed by atoms with Crippen LogP contribution in [0.5, 0.6) is 0 Å². The van der Waals surface area contributed by atoms with E-state index in [1.54, 1.807) is 7.05 Å². The molecular formula is C14H27F3N2. The molecule has 19 heavy (non-hydrogen) atoms. The van der Waals surface area contributed by atoms with E-state index in [-0.39, 0.29) is 18.0 Å². The fourth-order valence-electron chi connectivity index (χ4n) is 3.36. The predicted molar refractivity (Wildman–Crippen MR) is 72.2 cm³/mol. The second-order valence-corrected chi connectivity index (χ2v) is 6.18. The molecule has 0 aromatic heterocycles. The first-order valence-electron chi connectivity index (χ1n) is 7.13. The van der Waals surface area contributed by atoms with Crippen molar-refractivity contribution in [3.63, 3.8) is 0 Å². The van der Waals surface area contributed by atoms with Crippen LogP contribution in [-0.2, 0) is 0 Å². The van der Waals surface area contributed by atoms with E-state index in [1.807, 2.05) is 14.1 Å². The standard InChI is InChI=1S/C14H27F3N2/c1-11-5-8-13(9-6-11,19(3)4)12(18-2)7-10-14(15,16)17/h11-12,18H,5-10H2,1-4H3. The van der Waals surface area contributed by atoms with Crippen molar-refractivity contribution in [2.24, 2.45) is 5.92 Å². The van der Waals surface area contributed by atoms with Gasteiger partial charge in [0.1, 0.15) is 0 Å². The van der Waals surface area contributed by atoms with Crippen LogP contribution >= 0.6 is 0 Å². The molecule has 1 N–H and O–H groups in total. The Labute approximate surface area is 114 Å². The zero-order valence-corrected chi connectivity index (χ0v) is 12.5. The van der Waals surface area contributed by atoms with Gasteiger partial charge in [0.2, 0.25) is 0 Å². The third-order valence-corrected chi connectivity index (χ3v) is 4.74. The second kappa shape index (κ2) is 6.44. The summed E-state index contributed by atoms with van der Waals surface area (Å²) in [7, 11) is 5.77. The van der Waals surface area contributed by atoms with Gasteiger partial charge in [-0.3, -0.25) is 0 Å². The van der Waals surface area contributed by atoms with Crippen LogP contribution in [-0.4, -0.2) is 43.8 Å². The summed E-state index contributed by atoms with van der Waals surface area (Å²) in [6.45, 7) is 2.23. The van der Waals surface area contributed by atoms with E-state index in [2.05, 4.69) is 17.1 Å². The van der Waals surface area contributed by atoms with Gasteiger partial charge in [-0.05, 0) is 59.2 Å². The molecule has 0 aromatic carbocycles. The number of hydrogen-bond acceptors (Lipinski definition) is 2. The Kier molecular flexibility index (Phi) is 5.68.